The summed E-state index contributed by atoms with van der Waals surface area (Å²) in [6.45, 7) is 5.15. The van der Waals surface area contributed by atoms with Gasteiger partial charge in [-0.3, -0.25) is 9.59 Å². The predicted octanol–water partition coefficient (Wildman–Crippen LogP) is 2.60. The summed E-state index contributed by atoms with van der Waals surface area (Å²) < 4.78 is 4.92. The highest BCUT2D eigenvalue weighted by molar-refractivity contribution is 5.69. The van der Waals surface area contributed by atoms with E-state index in [1.54, 1.807) is 0 Å². The fourth-order valence-corrected chi connectivity index (χ4v) is 1.46. The third-order valence-electron chi connectivity index (χ3n) is 3.08. The standard InChI is InChI=1S/C15H22N4O4/c1-4-9-23-13(22)6-8-15(3,11-17)19-18-14(2,10-16)7-5-12(20)21/h4-9H2,1-3H3,(H,20,21). The molecule has 8 heteroatoms. The van der Waals surface area contributed by atoms with Crippen LogP contribution in [0.25, 0.3) is 0 Å². The normalized spacial score (nSPS) is 15.9. The lowest BCUT2D eigenvalue weighted by Crippen LogP contribution is -2.25. The fraction of sp³-hybridized carbons (Fsp3) is 0.733. The Bertz CT molecular complexity index is 535. The van der Waals surface area contributed by atoms with Crippen molar-refractivity contribution in [3.05, 3.63) is 0 Å². The smallest absolute Gasteiger partial charge is 0.305 e. The molecule has 0 aliphatic carbocycles. The summed E-state index contributed by atoms with van der Waals surface area (Å²) >= 11 is 0. The number of carboxylic acids is 1. The molecule has 0 fully saturated rings. The highest BCUT2D eigenvalue weighted by atomic mass is 16.5. The van der Waals surface area contributed by atoms with Crippen LogP contribution in [-0.4, -0.2) is 34.7 Å². The molecule has 2 unspecified atom stereocenters. The lowest BCUT2D eigenvalue weighted by Gasteiger charge is -2.18. The molecule has 0 amide bonds. The van der Waals surface area contributed by atoms with Crippen LogP contribution in [-0.2, 0) is 14.3 Å². The van der Waals surface area contributed by atoms with E-state index in [1.807, 2.05) is 19.1 Å². The van der Waals surface area contributed by atoms with Crippen molar-refractivity contribution >= 4 is 11.9 Å². The molecule has 0 aliphatic heterocycles. The first-order chi connectivity index (χ1) is 10.7. The molecule has 23 heavy (non-hydrogen) atoms. The topological polar surface area (TPSA) is 136 Å². The van der Waals surface area contributed by atoms with E-state index in [0.29, 0.717) is 13.0 Å². The summed E-state index contributed by atoms with van der Waals surface area (Å²) in [6, 6.07) is 3.86. The fourth-order valence-electron chi connectivity index (χ4n) is 1.46. The zero-order valence-electron chi connectivity index (χ0n) is 13.7. The SMILES string of the molecule is CCCOC(=O)CCC(C)(C#N)N=NC(C)(C#N)CCC(=O)O. The maximum absolute atomic E-state index is 11.5. The van der Waals surface area contributed by atoms with Gasteiger partial charge in [0.1, 0.15) is 0 Å². The highest BCUT2D eigenvalue weighted by Crippen LogP contribution is 2.23. The van der Waals surface area contributed by atoms with E-state index >= 15 is 0 Å². The molecule has 0 bridgehead atoms. The number of carbonyl (C=O) groups is 2. The van der Waals surface area contributed by atoms with Gasteiger partial charge in [-0.05, 0) is 33.1 Å². The van der Waals surface area contributed by atoms with E-state index < -0.39 is 23.0 Å². The largest absolute Gasteiger partial charge is 0.481 e. The maximum Gasteiger partial charge on any atom is 0.305 e. The second kappa shape index (κ2) is 9.52. The molecule has 0 aromatic heterocycles. The molecule has 126 valence electrons. The Balaban J connectivity index is 4.81. The number of hydrogen-bond donors (Lipinski definition) is 1. The average Bonchev–Trinajstić information content (AvgIpc) is 2.54. The molecule has 8 nitrogen and oxygen atoms in total. The van der Waals surface area contributed by atoms with Gasteiger partial charge in [-0.1, -0.05) is 6.92 Å². The number of azo groups is 1. The molecular formula is C15H22N4O4. The van der Waals surface area contributed by atoms with Gasteiger partial charge in [0, 0.05) is 12.8 Å². The molecule has 0 aliphatic rings. The summed E-state index contributed by atoms with van der Waals surface area (Å²) in [4.78, 5) is 22.1. The van der Waals surface area contributed by atoms with Gasteiger partial charge in [0.05, 0.1) is 18.7 Å². The lowest BCUT2D eigenvalue weighted by molar-refractivity contribution is -0.144. The van der Waals surface area contributed by atoms with Crippen molar-refractivity contribution < 1.29 is 19.4 Å². The molecule has 0 saturated carbocycles. The Hall–Kier alpha value is -2.48. The van der Waals surface area contributed by atoms with Crippen LogP contribution in [0.15, 0.2) is 10.2 Å². The Morgan fingerprint density at radius 2 is 1.57 bits per heavy atom. The number of ether oxygens (including phenoxy) is 1. The Labute approximate surface area is 135 Å². The molecule has 2 atom stereocenters. The van der Waals surface area contributed by atoms with E-state index in [1.165, 1.54) is 13.8 Å². The Morgan fingerprint density at radius 3 is 1.96 bits per heavy atom. The molecule has 0 aromatic rings. The highest BCUT2D eigenvalue weighted by Gasteiger charge is 2.29. The van der Waals surface area contributed by atoms with Gasteiger partial charge in [0.25, 0.3) is 0 Å². The van der Waals surface area contributed by atoms with Crippen LogP contribution in [0.4, 0.5) is 0 Å². The molecule has 0 spiro atoms. The van der Waals surface area contributed by atoms with Crippen LogP contribution in [0, 0.1) is 22.7 Å². The van der Waals surface area contributed by atoms with Crippen LogP contribution in [0.2, 0.25) is 0 Å². The number of esters is 1. The minimum absolute atomic E-state index is 0.0115. The van der Waals surface area contributed by atoms with Crippen LogP contribution in [0.1, 0.15) is 52.9 Å². The van der Waals surface area contributed by atoms with Crippen molar-refractivity contribution in [1.29, 1.82) is 10.5 Å². The van der Waals surface area contributed by atoms with Crippen LogP contribution < -0.4 is 0 Å². The van der Waals surface area contributed by atoms with Gasteiger partial charge < -0.3 is 9.84 Å². The molecule has 0 radical (unpaired) electrons. The van der Waals surface area contributed by atoms with Crippen molar-refractivity contribution in [3.63, 3.8) is 0 Å². The van der Waals surface area contributed by atoms with E-state index in [-0.39, 0.29) is 25.7 Å². The summed E-state index contributed by atoms with van der Waals surface area (Å²) in [6.07, 6.45) is 0.598. The Morgan fingerprint density at radius 1 is 1.09 bits per heavy atom. The number of carbonyl (C=O) groups excluding carboxylic acids is 1. The summed E-state index contributed by atoms with van der Waals surface area (Å²) in [5, 5.41) is 34.8. The van der Waals surface area contributed by atoms with E-state index in [0.717, 1.165) is 0 Å². The van der Waals surface area contributed by atoms with Crippen molar-refractivity contribution in [2.24, 2.45) is 10.2 Å². The summed E-state index contributed by atoms with van der Waals surface area (Å²) in [5.74, 6) is -1.46. The second-order valence-electron chi connectivity index (χ2n) is 5.59. The van der Waals surface area contributed by atoms with Gasteiger partial charge in [0.15, 0.2) is 11.1 Å². The zero-order chi connectivity index (χ0) is 17.9. The van der Waals surface area contributed by atoms with Gasteiger partial charge >= 0.3 is 11.9 Å². The maximum atomic E-state index is 11.5. The van der Waals surface area contributed by atoms with Crippen molar-refractivity contribution in [3.8, 4) is 12.1 Å². The quantitative estimate of drug-likeness (QED) is 0.485. The van der Waals surface area contributed by atoms with E-state index in [4.69, 9.17) is 15.1 Å². The monoisotopic (exact) mass is 322 g/mol. The van der Waals surface area contributed by atoms with Crippen molar-refractivity contribution in [2.45, 2.75) is 64.0 Å². The first-order valence-electron chi connectivity index (χ1n) is 7.34. The van der Waals surface area contributed by atoms with Gasteiger partial charge in [0.2, 0.25) is 0 Å². The number of hydrogen-bond acceptors (Lipinski definition) is 7. The van der Waals surface area contributed by atoms with Crippen molar-refractivity contribution in [2.75, 3.05) is 6.61 Å². The molecule has 0 saturated heterocycles. The van der Waals surface area contributed by atoms with Crippen LogP contribution in [0.3, 0.4) is 0 Å². The number of carboxylic acid groups (broad SMARTS) is 1. The molecule has 1 N–H and O–H groups in total. The third-order valence-corrected chi connectivity index (χ3v) is 3.08. The second-order valence-corrected chi connectivity index (χ2v) is 5.59. The first kappa shape index (κ1) is 20.5. The lowest BCUT2D eigenvalue weighted by atomic mass is 9.97. The number of nitrogens with zero attached hydrogens (tertiary/aromatic N) is 4. The van der Waals surface area contributed by atoms with Gasteiger partial charge in [-0.15, -0.1) is 0 Å². The van der Waals surface area contributed by atoms with Crippen LogP contribution >= 0.6 is 0 Å². The van der Waals surface area contributed by atoms with E-state index in [9.17, 15) is 14.9 Å². The average molecular weight is 322 g/mol. The molecule has 0 heterocycles. The number of rotatable bonds is 10. The van der Waals surface area contributed by atoms with Crippen molar-refractivity contribution in [1.82, 2.24) is 0 Å². The van der Waals surface area contributed by atoms with Gasteiger partial charge in [-0.2, -0.15) is 20.8 Å². The molecule has 0 aromatic carbocycles. The summed E-state index contributed by atoms with van der Waals surface area (Å²) in [7, 11) is 0. The first-order valence-corrected chi connectivity index (χ1v) is 7.34. The van der Waals surface area contributed by atoms with Gasteiger partial charge in [-0.25, -0.2) is 0 Å². The minimum atomic E-state index is -1.32. The zero-order valence-corrected chi connectivity index (χ0v) is 13.7. The minimum Gasteiger partial charge on any atom is -0.481 e. The third kappa shape index (κ3) is 8.52. The number of aliphatic carboxylic acids is 1. The van der Waals surface area contributed by atoms with Crippen LogP contribution in [0.5, 0.6) is 0 Å². The molecular weight excluding hydrogens is 300 g/mol. The number of nitriles is 2. The Kier molecular flexibility index (Phi) is 8.49. The summed E-state index contributed by atoms with van der Waals surface area (Å²) in [5.41, 5.74) is -2.59. The molecule has 0 rings (SSSR count). The predicted molar refractivity (Wildman–Crippen MR) is 80.2 cm³/mol. The van der Waals surface area contributed by atoms with E-state index in [2.05, 4.69) is 10.2 Å².